The summed E-state index contributed by atoms with van der Waals surface area (Å²) in [6, 6.07) is 7.42. The number of alkyl halides is 3. The van der Waals surface area contributed by atoms with Crippen LogP contribution in [0.25, 0.3) is 16.2 Å². The predicted molar refractivity (Wildman–Crippen MR) is 111 cm³/mol. The molecule has 0 N–H and O–H groups in total. The van der Waals surface area contributed by atoms with Crippen molar-refractivity contribution in [1.82, 2.24) is 29.5 Å². The van der Waals surface area contributed by atoms with E-state index in [9.17, 15) is 18.0 Å². The molecular formula is C20H16F3N7OS. The molecule has 0 bridgehead atoms. The number of hydrogen-bond acceptors (Lipinski definition) is 7. The van der Waals surface area contributed by atoms with E-state index in [2.05, 4.69) is 20.1 Å². The van der Waals surface area contributed by atoms with Gasteiger partial charge in [-0.2, -0.15) is 18.3 Å². The molecule has 8 nitrogen and oxygen atoms in total. The van der Waals surface area contributed by atoms with E-state index < -0.39 is 17.8 Å². The second kappa shape index (κ2) is 7.86. The number of anilines is 1. The molecule has 5 rings (SSSR count). The van der Waals surface area contributed by atoms with E-state index >= 15 is 0 Å². The lowest BCUT2D eigenvalue weighted by atomic mass is 10.2. The molecule has 12 heteroatoms. The predicted octanol–water partition coefficient (Wildman–Crippen LogP) is 3.23. The molecule has 32 heavy (non-hydrogen) atoms. The van der Waals surface area contributed by atoms with E-state index in [1.54, 1.807) is 40.9 Å². The van der Waals surface area contributed by atoms with Crippen LogP contribution in [-0.4, -0.2) is 61.6 Å². The maximum Gasteiger partial charge on any atom is 0.433 e. The summed E-state index contributed by atoms with van der Waals surface area (Å²) < 4.78 is 41.8. The molecular weight excluding hydrogens is 443 g/mol. The molecule has 0 radical (unpaired) electrons. The molecule has 0 aromatic carbocycles. The molecule has 1 aliphatic heterocycles. The Morgan fingerprint density at radius 2 is 1.78 bits per heavy atom. The first-order chi connectivity index (χ1) is 15.4. The molecule has 0 atom stereocenters. The average Bonchev–Trinajstić information content (AvgIpc) is 3.48. The Balaban J connectivity index is 1.43. The minimum absolute atomic E-state index is 0.0251. The minimum atomic E-state index is -4.65. The molecule has 5 heterocycles. The van der Waals surface area contributed by atoms with Crippen molar-refractivity contribution in [3.8, 4) is 10.6 Å². The molecule has 164 valence electrons. The van der Waals surface area contributed by atoms with Crippen LogP contribution < -0.4 is 4.90 Å². The third kappa shape index (κ3) is 3.77. The van der Waals surface area contributed by atoms with Gasteiger partial charge < -0.3 is 9.80 Å². The zero-order valence-electron chi connectivity index (χ0n) is 16.5. The Morgan fingerprint density at radius 1 is 1.03 bits per heavy atom. The van der Waals surface area contributed by atoms with Gasteiger partial charge in [-0.3, -0.25) is 4.79 Å². The lowest BCUT2D eigenvalue weighted by molar-refractivity contribution is -0.142. The number of rotatable bonds is 3. The number of carbonyl (C=O) groups is 1. The summed E-state index contributed by atoms with van der Waals surface area (Å²) in [5.74, 6) is 0.141. The van der Waals surface area contributed by atoms with Crippen LogP contribution in [0.1, 0.15) is 16.2 Å². The van der Waals surface area contributed by atoms with Crippen LogP contribution in [0.4, 0.5) is 19.1 Å². The highest BCUT2D eigenvalue weighted by atomic mass is 32.1. The first-order valence-corrected chi connectivity index (χ1v) is 10.6. The number of carbonyl (C=O) groups excluding carboxylic acids is 1. The number of aromatic nitrogens is 5. The highest BCUT2D eigenvalue weighted by Gasteiger charge is 2.36. The second-order valence-corrected chi connectivity index (χ2v) is 8.08. The Kier molecular flexibility index (Phi) is 5.00. The largest absolute Gasteiger partial charge is 0.433 e. The molecule has 0 saturated carbocycles. The lowest BCUT2D eigenvalue weighted by Crippen LogP contribution is -2.49. The number of halogens is 3. The Labute approximate surface area is 184 Å². The summed E-state index contributed by atoms with van der Waals surface area (Å²) in [5.41, 5.74) is -0.884. The first kappa shape index (κ1) is 20.4. The van der Waals surface area contributed by atoms with Gasteiger partial charge in [0.1, 0.15) is 0 Å². The highest BCUT2D eigenvalue weighted by Crippen LogP contribution is 2.33. The van der Waals surface area contributed by atoms with Crippen LogP contribution in [0, 0.1) is 0 Å². The average molecular weight is 459 g/mol. The summed E-state index contributed by atoms with van der Waals surface area (Å²) in [6.45, 7) is 1.78. The monoisotopic (exact) mass is 459 g/mol. The zero-order chi connectivity index (χ0) is 22.3. The van der Waals surface area contributed by atoms with Crippen LogP contribution in [0.5, 0.6) is 0 Å². The van der Waals surface area contributed by atoms with E-state index in [1.807, 2.05) is 4.90 Å². The van der Waals surface area contributed by atoms with Crippen molar-refractivity contribution in [2.45, 2.75) is 6.18 Å². The van der Waals surface area contributed by atoms with Gasteiger partial charge in [0.05, 0.1) is 10.6 Å². The van der Waals surface area contributed by atoms with Crippen molar-refractivity contribution in [3.63, 3.8) is 0 Å². The number of nitrogens with zero attached hydrogens (tertiary/aromatic N) is 7. The quantitative estimate of drug-likeness (QED) is 0.468. The van der Waals surface area contributed by atoms with Crippen molar-refractivity contribution >= 4 is 28.8 Å². The molecule has 1 aliphatic rings. The first-order valence-electron chi connectivity index (χ1n) is 9.73. The molecule has 0 aliphatic carbocycles. The van der Waals surface area contributed by atoms with Crippen LogP contribution in [0.3, 0.4) is 0 Å². The summed E-state index contributed by atoms with van der Waals surface area (Å²) in [5, 5.41) is 5.73. The van der Waals surface area contributed by atoms with Crippen molar-refractivity contribution in [2.75, 3.05) is 31.1 Å². The minimum Gasteiger partial charge on any atom is -0.337 e. The fourth-order valence-corrected chi connectivity index (χ4v) is 4.24. The molecule has 4 aromatic rings. The van der Waals surface area contributed by atoms with E-state index in [0.717, 1.165) is 6.07 Å². The normalized spacial score (nSPS) is 14.8. The van der Waals surface area contributed by atoms with Crippen molar-refractivity contribution in [1.29, 1.82) is 0 Å². The number of thiophene rings is 1. The molecule has 0 unspecified atom stereocenters. The third-order valence-electron chi connectivity index (χ3n) is 5.11. The fourth-order valence-electron chi connectivity index (χ4n) is 3.56. The molecule has 0 spiro atoms. The van der Waals surface area contributed by atoms with Crippen molar-refractivity contribution in [2.24, 2.45) is 0 Å². The number of piperazine rings is 1. The fraction of sp³-hybridized carbons (Fsp3) is 0.250. The second-order valence-electron chi connectivity index (χ2n) is 7.13. The van der Waals surface area contributed by atoms with Gasteiger partial charge in [-0.15, -0.1) is 11.3 Å². The molecule has 1 amide bonds. The SMILES string of the molecule is O=C(c1cc2nc(-c3cccs3)cc(C(F)(F)F)n2n1)N1CCN(c2ncccn2)CC1. The smallest absolute Gasteiger partial charge is 0.337 e. The lowest BCUT2D eigenvalue weighted by Gasteiger charge is -2.34. The number of hydrogen-bond donors (Lipinski definition) is 0. The highest BCUT2D eigenvalue weighted by molar-refractivity contribution is 7.13. The molecule has 4 aromatic heterocycles. The van der Waals surface area contributed by atoms with E-state index in [0.29, 0.717) is 41.5 Å². The van der Waals surface area contributed by atoms with Gasteiger partial charge in [0.2, 0.25) is 5.95 Å². The van der Waals surface area contributed by atoms with Gasteiger partial charge in [0.25, 0.3) is 5.91 Å². The standard InChI is InChI=1S/C20H16F3N7OS/c21-20(22,23)16-11-13(15-3-1-10-32-15)26-17-12-14(27-30(16)17)18(31)28-6-8-29(9-7-28)19-24-4-2-5-25-19/h1-5,10-12H,6-9H2. The van der Waals surface area contributed by atoms with Gasteiger partial charge in [-0.1, -0.05) is 6.07 Å². The summed E-state index contributed by atoms with van der Waals surface area (Å²) in [7, 11) is 0. The van der Waals surface area contributed by atoms with Crippen LogP contribution in [0.15, 0.2) is 48.1 Å². The maximum absolute atomic E-state index is 13.7. The molecule has 1 fully saturated rings. The van der Waals surface area contributed by atoms with Crippen LogP contribution in [-0.2, 0) is 6.18 Å². The summed E-state index contributed by atoms with van der Waals surface area (Å²) in [6.07, 6.45) is -1.36. The number of fused-ring (bicyclic) bond motifs is 1. The Bertz CT molecular complexity index is 1250. The van der Waals surface area contributed by atoms with Crippen molar-refractivity contribution < 1.29 is 18.0 Å². The van der Waals surface area contributed by atoms with E-state index in [-0.39, 0.29) is 17.0 Å². The van der Waals surface area contributed by atoms with Gasteiger partial charge in [0, 0.05) is 44.6 Å². The Morgan fingerprint density at radius 3 is 2.44 bits per heavy atom. The summed E-state index contributed by atoms with van der Waals surface area (Å²) >= 11 is 1.29. The number of amides is 1. The third-order valence-corrected chi connectivity index (χ3v) is 6.00. The van der Waals surface area contributed by atoms with Crippen molar-refractivity contribution in [3.05, 3.63) is 59.5 Å². The Hall–Kier alpha value is -3.54. The topological polar surface area (TPSA) is 79.5 Å². The summed E-state index contributed by atoms with van der Waals surface area (Å²) in [4.78, 5) is 29.8. The molecule has 1 saturated heterocycles. The van der Waals surface area contributed by atoms with Gasteiger partial charge in [-0.25, -0.2) is 19.5 Å². The van der Waals surface area contributed by atoms with Crippen LogP contribution in [0.2, 0.25) is 0 Å². The van der Waals surface area contributed by atoms with Gasteiger partial charge >= 0.3 is 6.18 Å². The van der Waals surface area contributed by atoms with E-state index in [1.165, 1.54) is 17.4 Å². The van der Waals surface area contributed by atoms with Gasteiger partial charge in [-0.05, 0) is 23.6 Å². The van der Waals surface area contributed by atoms with Crippen LogP contribution >= 0.6 is 11.3 Å². The zero-order valence-corrected chi connectivity index (χ0v) is 17.3. The van der Waals surface area contributed by atoms with E-state index in [4.69, 9.17) is 0 Å². The van der Waals surface area contributed by atoms with Gasteiger partial charge in [0.15, 0.2) is 17.0 Å². The maximum atomic E-state index is 13.7.